The average Bonchev–Trinajstić information content (AvgIpc) is 2.46. The van der Waals surface area contributed by atoms with Crippen LogP contribution < -0.4 is 5.73 Å². The van der Waals surface area contributed by atoms with Crippen LogP contribution in [0.5, 0.6) is 0 Å². The fourth-order valence-corrected chi connectivity index (χ4v) is 3.11. The summed E-state index contributed by atoms with van der Waals surface area (Å²) < 4.78 is 0.799. The number of nitrogens with two attached hydrogens (primary N) is 1. The van der Waals surface area contributed by atoms with E-state index in [1.54, 1.807) is 4.90 Å². The summed E-state index contributed by atoms with van der Waals surface area (Å²) in [5, 5.41) is 11.8. The Hall–Kier alpha value is -1.56. The van der Waals surface area contributed by atoms with E-state index in [-0.39, 0.29) is 17.7 Å². The van der Waals surface area contributed by atoms with E-state index in [1.807, 2.05) is 25.1 Å². The molecule has 1 amide bonds. The zero-order valence-electron chi connectivity index (χ0n) is 11.3. The van der Waals surface area contributed by atoms with Crippen LogP contribution in [-0.2, 0) is 0 Å². The van der Waals surface area contributed by atoms with E-state index in [2.05, 4.69) is 21.1 Å². The molecule has 1 aliphatic rings. The molecule has 1 aromatic rings. The summed E-state index contributed by atoms with van der Waals surface area (Å²) in [7, 11) is 0. The topological polar surface area (TPSA) is 78.9 Å². The maximum absolute atomic E-state index is 12.5. The first kappa shape index (κ1) is 14.8. The van der Waals surface area contributed by atoms with Crippen LogP contribution in [0.25, 0.3) is 0 Å². The number of halogens is 1. The van der Waals surface area contributed by atoms with Gasteiger partial charge < -0.3 is 15.8 Å². The Morgan fingerprint density at radius 2 is 2.30 bits per heavy atom. The van der Waals surface area contributed by atoms with Crippen LogP contribution in [0.2, 0.25) is 0 Å². The molecule has 1 saturated heterocycles. The van der Waals surface area contributed by atoms with Crippen LogP contribution in [0.4, 0.5) is 0 Å². The summed E-state index contributed by atoms with van der Waals surface area (Å²) in [6, 6.07) is 5.68. The molecule has 1 aromatic carbocycles. The summed E-state index contributed by atoms with van der Waals surface area (Å²) >= 11 is 3.44. The molecule has 1 fully saturated rings. The molecule has 20 heavy (non-hydrogen) atoms. The van der Waals surface area contributed by atoms with Crippen molar-refractivity contribution in [3.05, 3.63) is 33.8 Å². The van der Waals surface area contributed by atoms with Crippen LogP contribution >= 0.6 is 15.9 Å². The Morgan fingerprint density at radius 3 is 2.95 bits per heavy atom. The third kappa shape index (κ3) is 3.12. The number of likely N-dealkylation sites (tertiary alicyclic amines) is 1. The lowest BCUT2D eigenvalue weighted by molar-refractivity contribution is 0.0700. The SMILES string of the molecule is Cc1ccc(C(=O)N2CCCC(/C(N)=N/O)C2)c(Br)c1. The highest BCUT2D eigenvalue weighted by Gasteiger charge is 2.27. The number of hydrogen-bond acceptors (Lipinski definition) is 3. The van der Waals surface area contributed by atoms with Crippen molar-refractivity contribution in [2.75, 3.05) is 13.1 Å². The monoisotopic (exact) mass is 339 g/mol. The third-order valence-electron chi connectivity index (χ3n) is 3.60. The Labute approximate surface area is 126 Å². The van der Waals surface area contributed by atoms with E-state index in [1.165, 1.54) is 0 Å². The van der Waals surface area contributed by atoms with Gasteiger partial charge >= 0.3 is 0 Å². The van der Waals surface area contributed by atoms with Gasteiger partial charge in [0.05, 0.1) is 5.56 Å². The fourth-order valence-electron chi connectivity index (χ4n) is 2.45. The molecular formula is C14H18BrN3O2. The van der Waals surface area contributed by atoms with Gasteiger partial charge in [0.1, 0.15) is 5.84 Å². The number of benzene rings is 1. The average molecular weight is 340 g/mol. The van der Waals surface area contributed by atoms with E-state index in [4.69, 9.17) is 10.9 Å². The molecule has 5 nitrogen and oxygen atoms in total. The Morgan fingerprint density at radius 1 is 1.55 bits per heavy atom. The summed E-state index contributed by atoms with van der Waals surface area (Å²) in [5.41, 5.74) is 7.40. The molecule has 1 atom stereocenters. The highest BCUT2D eigenvalue weighted by atomic mass is 79.9. The highest BCUT2D eigenvalue weighted by molar-refractivity contribution is 9.10. The molecule has 2 rings (SSSR count). The van der Waals surface area contributed by atoms with Crippen LogP contribution in [0.15, 0.2) is 27.8 Å². The first-order valence-electron chi connectivity index (χ1n) is 6.55. The van der Waals surface area contributed by atoms with Crippen LogP contribution in [0, 0.1) is 12.8 Å². The fraction of sp³-hybridized carbons (Fsp3) is 0.429. The van der Waals surface area contributed by atoms with Crippen molar-refractivity contribution < 1.29 is 10.0 Å². The van der Waals surface area contributed by atoms with E-state index in [9.17, 15) is 4.79 Å². The van der Waals surface area contributed by atoms with Crippen molar-refractivity contribution in [2.45, 2.75) is 19.8 Å². The van der Waals surface area contributed by atoms with E-state index in [0.29, 0.717) is 18.7 Å². The number of rotatable bonds is 2. The largest absolute Gasteiger partial charge is 0.409 e. The second-order valence-corrected chi connectivity index (χ2v) is 5.95. The van der Waals surface area contributed by atoms with Crippen molar-refractivity contribution in [3.63, 3.8) is 0 Å². The maximum atomic E-state index is 12.5. The number of piperidine rings is 1. The second kappa shape index (κ2) is 6.26. The van der Waals surface area contributed by atoms with Gasteiger partial charge in [0.2, 0.25) is 0 Å². The highest BCUT2D eigenvalue weighted by Crippen LogP contribution is 2.23. The quantitative estimate of drug-likeness (QED) is 0.375. The van der Waals surface area contributed by atoms with Gasteiger partial charge in [-0.25, -0.2) is 0 Å². The smallest absolute Gasteiger partial charge is 0.255 e. The second-order valence-electron chi connectivity index (χ2n) is 5.10. The van der Waals surface area contributed by atoms with Crippen LogP contribution in [-0.4, -0.2) is 34.9 Å². The Balaban J connectivity index is 2.16. The summed E-state index contributed by atoms with van der Waals surface area (Å²) in [4.78, 5) is 14.3. The van der Waals surface area contributed by atoms with Gasteiger partial charge in [0.15, 0.2) is 0 Å². The van der Waals surface area contributed by atoms with Gasteiger partial charge in [-0.3, -0.25) is 4.79 Å². The number of amides is 1. The molecule has 1 heterocycles. The predicted molar refractivity (Wildman–Crippen MR) is 80.9 cm³/mol. The molecular weight excluding hydrogens is 322 g/mol. The minimum absolute atomic E-state index is 0.0210. The number of aryl methyl sites for hydroxylation is 1. The van der Waals surface area contributed by atoms with Crippen molar-refractivity contribution in [1.29, 1.82) is 0 Å². The van der Waals surface area contributed by atoms with Gasteiger partial charge in [-0.2, -0.15) is 0 Å². The zero-order chi connectivity index (χ0) is 14.7. The number of carbonyl (C=O) groups is 1. The molecule has 0 aliphatic carbocycles. The molecule has 3 N–H and O–H groups in total. The van der Waals surface area contributed by atoms with E-state index >= 15 is 0 Å². The Bertz CT molecular complexity index is 545. The van der Waals surface area contributed by atoms with E-state index in [0.717, 1.165) is 22.9 Å². The molecule has 108 valence electrons. The normalized spacial score (nSPS) is 20.0. The number of amidine groups is 1. The van der Waals surface area contributed by atoms with Crippen molar-refractivity contribution in [1.82, 2.24) is 4.90 Å². The standard InChI is InChI=1S/C14H18BrN3O2/c1-9-4-5-11(12(15)7-9)14(19)18-6-2-3-10(8-18)13(16)17-20/h4-5,7,10,20H,2-3,6,8H2,1H3,(H2,16,17). The lowest BCUT2D eigenvalue weighted by Gasteiger charge is -2.32. The molecule has 0 spiro atoms. The first-order valence-corrected chi connectivity index (χ1v) is 7.35. The lowest BCUT2D eigenvalue weighted by atomic mass is 9.96. The third-order valence-corrected chi connectivity index (χ3v) is 4.25. The molecule has 1 aliphatic heterocycles. The predicted octanol–water partition coefficient (Wildman–Crippen LogP) is 2.36. The lowest BCUT2D eigenvalue weighted by Crippen LogP contribution is -2.44. The molecule has 6 heteroatoms. The van der Waals surface area contributed by atoms with Gasteiger partial charge in [-0.15, -0.1) is 0 Å². The molecule has 0 aromatic heterocycles. The minimum Gasteiger partial charge on any atom is -0.409 e. The Kier molecular flexibility index (Phi) is 4.65. The van der Waals surface area contributed by atoms with Gasteiger partial charge in [0, 0.05) is 23.5 Å². The summed E-state index contributed by atoms with van der Waals surface area (Å²) in [6.45, 7) is 3.18. The molecule has 0 saturated carbocycles. The zero-order valence-corrected chi connectivity index (χ0v) is 12.9. The summed E-state index contributed by atoms with van der Waals surface area (Å²) in [5.74, 6) is 0.111. The minimum atomic E-state index is -0.0677. The number of oxime groups is 1. The maximum Gasteiger partial charge on any atom is 0.255 e. The van der Waals surface area contributed by atoms with Crippen molar-refractivity contribution >= 4 is 27.7 Å². The van der Waals surface area contributed by atoms with E-state index < -0.39 is 0 Å². The number of carbonyl (C=O) groups excluding carboxylic acids is 1. The summed E-state index contributed by atoms with van der Waals surface area (Å²) in [6.07, 6.45) is 1.70. The van der Waals surface area contributed by atoms with Crippen molar-refractivity contribution in [2.24, 2.45) is 16.8 Å². The molecule has 0 bridgehead atoms. The van der Waals surface area contributed by atoms with Crippen LogP contribution in [0.1, 0.15) is 28.8 Å². The first-order chi connectivity index (χ1) is 9.52. The van der Waals surface area contributed by atoms with Gasteiger partial charge in [-0.05, 0) is 53.4 Å². The van der Waals surface area contributed by atoms with Crippen LogP contribution in [0.3, 0.4) is 0 Å². The molecule has 0 radical (unpaired) electrons. The van der Waals surface area contributed by atoms with Gasteiger partial charge in [-0.1, -0.05) is 11.2 Å². The van der Waals surface area contributed by atoms with Crippen molar-refractivity contribution in [3.8, 4) is 0 Å². The molecule has 1 unspecified atom stereocenters. The van der Waals surface area contributed by atoms with Gasteiger partial charge in [0.25, 0.3) is 5.91 Å². The number of nitrogens with zero attached hydrogens (tertiary/aromatic N) is 2. The number of hydrogen-bond donors (Lipinski definition) is 2.